The largest absolute Gasteiger partial charge is 0.324 e. The standard InChI is InChI=1S/C22H21N3O3S/c1-13(26)16-7-3-5-9-18(16)23-20(27)14(2)29-22-24-19-10-6-4-8-17(19)21(28)25(22)15-11-12-15/h3-10,14-15H,11-12H2,1-2H3,(H,23,27)/t14-/m0/s1. The molecule has 6 nitrogen and oxygen atoms in total. The minimum Gasteiger partial charge on any atom is -0.324 e. The van der Waals surface area contributed by atoms with E-state index >= 15 is 0 Å². The molecule has 1 fully saturated rings. The van der Waals surface area contributed by atoms with E-state index in [1.54, 1.807) is 41.8 Å². The fraction of sp³-hybridized carbons (Fsp3) is 0.273. The Morgan fingerprint density at radius 1 is 1.14 bits per heavy atom. The molecule has 1 saturated carbocycles. The van der Waals surface area contributed by atoms with Crippen molar-refractivity contribution >= 4 is 40.0 Å². The molecule has 1 aliphatic carbocycles. The highest BCUT2D eigenvalue weighted by atomic mass is 32.2. The maximum absolute atomic E-state index is 13.0. The van der Waals surface area contributed by atoms with Gasteiger partial charge in [-0.2, -0.15) is 0 Å². The summed E-state index contributed by atoms with van der Waals surface area (Å²) in [6, 6.07) is 14.4. The first-order valence-corrected chi connectivity index (χ1v) is 10.4. The molecule has 0 spiro atoms. The van der Waals surface area contributed by atoms with Crippen LogP contribution in [0.3, 0.4) is 0 Å². The van der Waals surface area contributed by atoms with Crippen LogP contribution in [-0.4, -0.2) is 26.5 Å². The van der Waals surface area contributed by atoms with E-state index in [0.29, 0.717) is 27.3 Å². The van der Waals surface area contributed by atoms with Gasteiger partial charge in [0.25, 0.3) is 5.56 Å². The van der Waals surface area contributed by atoms with Gasteiger partial charge in [-0.3, -0.25) is 19.0 Å². The molecule has 2 aromatic carbocycles. The number of ketones is 1. The minimum absolute atomic E-state index is 0.0601. The van der Waals surface area contributed by atoms with Crippen molar-refractivity contribution in [2.24, 2.45) is 0 Å². The van der Waals surface area contributed by atoms with E-state index in [1.807, 2.05) is 18.2 Å². The molecule has 4 rings (SSSR count). The molecule has 7 heteroatoms. The SMILES string of the molecule is CC(=O)c1ccccc1NC(=O)[C@H](C)Sc1nc2ccccc2c(=O)n1C1CC1. The number of hydrogen-bond donors (Lipinski definition) is 1. The zero-order chi connectivity index (χ0) is 20.5. The monoisotopic (exact) mass is 407 g/mol. The van der Waals surface area contributed by atoms with Crippen LogP contribution in [0.2, 0.25) is 0 Å². The summed E-state index contributed by atoms with van der Waals surface area (Å²) < 4.78 is 1.72. The summed E-state index contributed by atoms with van der Waals surface area (Å²) in [5.74, 6) is -0.353. The summed E-state index contributed by atoms with van der Waals surface area (Å²) in [5.41, 5.74) is 1.53. The van der Waals surface area contributed by atoms with E-state index in [1.165, 1.54) is 18.7 Å². The summed E-state index contributed by atoms with van der Waals surface area (Å²) >= 11 is 1.26. The molecular formula is C22H21N3O3S. The van der Waals surface area contributed by atoms with Gasteiger partial charge in [0.15, 0.2) is 10.9 Å². The third kappa shape index (κ3) is 3.96. The number of aromatic nitrogens is 2. The summed E-state index contributed by atoms with van der Waals surface area (Å²) in [6.45, 7) is 3.24. The lowest BCUT2D eigenvalue weighted by molar-refractivity contribution is -0.115. The second kappa shape index (κ2) is 7.83. The topological polar surface area (TPSA) is 81.1 Å². The van der Waals surface area contributed by atoms with Crippen molar-refractivity contribution in [2.45, 2.75) is 43.1 Å². The molecule has 1 N–H and O–H groups in total. The minimum atomic E-state index is -0.493. The fourth-order valence-corrected chi connectivity index (χ4v) is 4.19. The van der Waals surface area contributed by atoms with E-state index in [4.69, 9.17) is 0 Å². The van der Waals surface area contributed by atoms with Crippen molar-refractivity contribution in [3.05, 3.63) is 64.4 Å². The number of rotatable bonds is 6. The number of amides is 1. The van der Waals surface area contributed by atoms with E-state index in [2.05, 4.69) is 10.3 Å². The molecule has 0 saturated heterocycles. The Kier molecular flexibility index (Phi) is 5.24. The highest BCUT2D eigenvalue weighted by Crippen LogP contribution is 2.37. The molecule has 1 heterocycles. The number of nitrogens with one attached hydrogen (secondary N) is 1. The van der Waals surface area contributed by atoms with Gasteiger partial charge in [-0.25, -0.2) is 4.98 Å². The number of fused-ring (bicyclic) bond motifs is 1. The van der Waals surface area contributed by atoms with Gasteiger partial charge in [0.05, 0.1) is 21.8 Å². The summed E-state index contributed by atoms with van der Waals surface area (Å²) in [6.07, 6.45) is 1.89. The third-order valence-corrected chi connectivity index (χ3v) is 5.97. The Balaban J connectivity index is 1.62. The van der Waals surface area contributed by atoms with E-state index in [9.17, 15) is 14.4 Å². The summed E-state index contributed by atoms with van der Waals surface area (Å²) in [5, 5.41) is 3.49. The van der Waals surface area contributed by atoms with Crippen molar-refractivity contribution in [1.29, 1.82) is 0 Å². The van der Waals surface area contributed by atoms with Crippen molar-refractivity contribution in [3.8, 4) is 0 Å². The Labute approximate surface area is 172 Å². The Morgan fingerprint density at radius 3 is 2.55 bits per heavy atom. The maximum Gasteiger partial charge on any atom is 0.262 e. The Bertz CT molecular complexity index is 1170. The molecule has 29 heavy (non-hydrogen) atoms. The number of thioether (sulfide) groups is 1. The van der Waals surface area contributed by atoms with Crippen LogP contribution >= 0.6 is 11.8 Å². The van der Waals surface area contributed by atoms with Crippen molar-refractivity contribution in [3.63, 3.8) is 0 Å². The van der Waals surface area contributed by atoms with Crippen molar-refractivity contribution < 1.29 is 9.59 Å². The maximum atomic E-state index is 13.0. The van der Waals surface area contributed by atoms with Crippen LogP contribution in [0.5, 0.6) is 0 Å². The molecule has 1 aromatic heterocycles. The van der Waals surface area contributed by atoms with E-state index < -0.39 is 5.25 Å². The Hall–Kier alpha value is -2.93. The van der Waals surface area contributed by atoms with Gasteiger partial charge in [-0.1, -0.05) is 36.0 Å². The number of para-hydroxylation sites is 2. The second-order valence-corrected chi connectivity index (χ2v) is 8.48. The predicted octanol–water partition coefficient (Wildman–Crippen LogP) is 4.05. The van der Waals surface area contributed by atoms with Crippen LogP contribution in [0.15, 0.2) is 58.5 Å². The quantitative estimate of drug-likeness (QED) is 0.379. The number of carbonyl (C=O) groups is 2. The van der Waals surface area contributed by atoms with Gasteiger partial charge in [-0.05, 0) is 51.0 Å². The number of anilines is 1. The zero-order valence-electron chi connectivity index (χ0n) is 16.2. The lowest BCUT2D eigenvalue weighted by Gasteiger charge is -2.16. The molecule has 148 valence electrons. The van der Waals surface area contributed by atoms with Gasteiger partial charge < -0.3 is 5.32 Å². The molecular weight excluding hydrogens is 386 g/mol. The van der Waals surface area contributed by atoms with E-state index in [-0.39, 0.29) is 23.3 Å². The van der Waals surface area contributed by atoms with Crippen LogP contribution < -0.4 is 10.9 Å². The first-order valence-electron chi connectivity index (χ1n) is 9.54. The fourth-order valence-electron chi connectivity index (χ4n) is 3.21. The first kappa shape index (κ1) is 19.4. The van der Waals surface area contributed by atoms with E-state index in [0.717, 1.165) is 12.8 Å². The van der Waals surface area contributed by atoms with Crippen molar-refractivity contribution in [1.82, 2.24) is 9.55 Å². The predicted molar refractivity (Wildman–Crippen MR) is 115 cm³/mol. The Morgan fingerprint density at radius 2 is 1.83 bits per heavy atom. The zero-order valence-corrected chi connectivity index (χ0v) is 17.0. The van der Waals surface area contributed by atoms with Crippen LogP contribution in [-0.2, 0) is 4.79 Å². The molecule has 0 unspecified atom stereocenters. The van der Waals surface area contributed by atoms with Crippen LogP contribution in [0.25, 0.3) is 10.9 Å². The average molecular weight is 407 g/mol. The smallest absolute Gasteiger partial charge is 0.262 e. The third-order valence-electron chi connectivity index (χ3n) is 4.90. The second-order valence-electron chi connectivity index (χ2n) is 7.17. The number of carbonyl (C=O) groups excluding carboxylic acids is 2. The molecule has 3 aromatic rings. The number of hydrogen-bond acceptors (Lipinski definition) is 5. The molecule has 0 radical (unpaired) electrons. The highest BCUT2D eigenvalue weighted by molar-refractivity contribution is 8.00. The summed E-state index contributed by atoms with van der Waals surface area (Å²) in [4.78, 5) is 42.2. The number of benzene rings is 2. The number of Topliss-reactive ketones (excluding diaryl/α,β-unsaturated/α-hetero) is 1. The normalized spacial score (nSPS) is 14.6. The van der Waals surface area contributed by atoms with Gasteiger partial charge in [-0.15, -0.1) is 0 Å². The molecule has 1 atom stereocenters. The van der Waals surface area contributed by atoms with Gasteiger partial charge in [0.1, 0.15) is 0 Å². The van der Waals surface area contributed by atoms with Crippen LogP contribution in [0.4, 0.5) is 5.69 Å². The van der Waals surface area contributed by atoms with Gasteiger partial charge >= 0.3 is 0 Å². The molecule has 0 aliphatic heterocycles. The van der Waals surface area contributed by atoms with Gasteiger partial charge in [0.2, 0.25) is 5.91 Å². The van der Waals surface area contributed by atoms with Crippen LogP contribution in [0, 0.1) is 0 Å². The highest BCUT2D eigenvalue weighted by Gasteiger charge is 2.30. The average Bonchev–Trinajstić information content (AvgIpc) is 3.53. The molecule has 1 aliphatic rings. The van der Waals surface area contributed by atoms with Crippen LogP contribution in [0.1, 0.15) is 43.1 Å². The summed E-state index contributed by atoms with van der Waals surface area (Å²) in [7, 11) is 0. The lowest BCUT2D eigenvalue weighted by Crippen LogP contribution is -2.27. The molecule has 1 amide bonds. The van der Waals surface area contributed by atoms with Crippen molar-refractivity contribution in [2.75, 3.05) is 5.32 Å². The molecule has 0 bridgehead atoms. The van der Waals surface area contributed by atoms with Gasteiger partial charge in [0, 0.05) is 11.6 Å². The first-order chi connectivity index (χ1) is 14.0. The lowest BCUT2D eigenvalue weighted by atomic mass is 10.1. The number of nitrogens with zero attached hydrogens (tertiary/aromatic N) is 2.